The van der Waals surface area contributed by atoms with Gasteiger partial charge in [-0.25, -0.2) is 4.79 Å². The number of hydrogen-bond donors (Lipinski definition) is 3. The summed E-state index contributed by atoms with van der Waals surface area (Å²) in [7, 11) is 1.71. The third kappa shape index (κ3) is 5.68. The van der Waals surface area contributed by atoms with Gasteiger partial charge in [0.25, 0.3) is 0 Å². The van der Waals surface area contributed by atoms with E-state index in [1.54, 1.807) is 20.9 Å². The molecular weight excluding hydrogens is 220 g/mol. The highest BCUT2D eigenvalue weighted by atomic mass is 16.4. The van der Waals surface area contributed by atoms with Crippen LogP contribution in [-0.4, -0.2) is 36.1 Å². The lowest BCUT2D eigenvalue weighted by Gasteiger charge is -2.23. The van der Waals surface area contributed by atoms with Crippen molar-refractivity contribution in [3.63, 3.8) is 0 Å². The molecule has 0 bridgehead atoms. The third-order valence-electron chi connectivity index (χ3n) is 2.60. The second-order valence-electron chi connectivity index (χ2n) is 5.04. The maximum Gasteiger partial charge on any atom is 0.326 e. The predicted molar refractivity (Wildman–Crippen MR) is 66.7 cm³/mol. The Balaban J connectivity index is 4.52. The van der Waals surface area contributed by atoms with E-state index in [9.17, 15) is 9.59 Å². The number of amides is 1. The summed E-state index contributed by atoms with van der Waals surface area (Å²) in [5, 5.41) is 14.5. The first-order valence-corrected chi connectivity index (χ1v) is 6.00. The average molecular weight is 244 g/mol. The lowest BCUT2D eigenvalue weighted by Crippen LogP contribution is -2.51. The van der Waals surface area contributed by atoms with E-state index in [4.69, 9.17) is 5.11 Å². The van der Waals surface area contributed by atoms with Gasteiger partial charge in [0.15, 0.2) is 0 Å². The van der Waals surface area contributed by atoms with Crippen molar-refractivity contribution in [3.05, 3.63) is 0 Å². The molecule has 0 saturated heterocycles. The first-order chi connectivity index (χ1) is 7.79. The summed E-state index contributed by atoms with van der Waals surface area (Å²) in [5.41, 5.74) is 0. The zero-order valence-corrected chi connectivity index (χ0v) is 11.3. The van der Waals surface area contributed by atoms with Crippen LogP contribution in [0.2, 0.25) is 0 Å². The largest absolute Gasteiger partial charge is 0.480 e. The van der Waals surface area contributed by atoms with Crippen molar-refractivity contribution < 1.29 is 14.7 Å². The molecule has 0 aliphatic carbocycles. The second kappa shape index (κ2) is 7.27. The quantitative estimate of drug-likeness (QED) is 0.620. The van der Waals surface area contributed by atoms with Crippen molar-refractivity contribution in [1.29, 1.82) is 0 Å². The Kier molecular flexibility index (Phi) is 6.80. The molecule has 0 aliphatic rings. The monoisotopic (exact) mass is 244 g/mol. The molecule has 17 heavy (non-hydrogen) atoms. The number of hydrogen-bond acceptors (Lipinski definition) is 3. The van der Waals surface area contributed by atoms with E-state index in [0.717, 1.165) is 0 Å². The van der Waals surface area contributed by atoms with Crippen LogP contribution in [0, 0.1) is 11.8 Å². The highest BCUT2D eigenvalue weighted by Gasteiger charge is 2.26. The maximum atomic E-state index is 11.9. The fourth-order valence-corrected chi connectivity index (χ4v) is 1.59. The summed E-state index contributed by atoms with van der Waals surface area (Å²) < 4.78 is 0. The summed E-state index contributed by atoms with van der Waals surface area (Å²) in [6.07, 6.45) is 0.687. The zero-order valence-electron chi connectivity index (χ0n) is 11.3. The summed E-state index contributed by atoms with van der Waals surface area (Å²) in [5.74, 6) is -0.997. The fourth-order valence-electron chi connectivity index (χ4n) is 1.59. The second-order valence-corrected chi connectivity index (χ2v) is 5.04. The first-order valence-electron chi connectivity index (χ1n) is 6.00. The number of carboxylic acid groups (broad SMARTS) is 1. The van der Waals surface area contributed by atoms with E-state index >= 15 is 0 Å². The molecule has 0 aromatic rings. The Morgan fingerprint density at radius 3 is 2.00 bits per heavy atom. The summed E-state index contributed by atoms with van der Waals surface area (Å²) in [6.45, 7) is 7.59. The van der Waals surface area contributed by atoms with Gasteiger partial charge in [0.05, 0.1) is 6.04 Å². The van der Waals surface area contributed by atoms with Crippen LogP contribution in [0.5, 0.6) is 0 Å². The number of rotatable bonds is 7. The Labute approximate surface area is 103 Å². The van der Waals surface area contributed by atoms with Crippen LogP contribution in [0.25, 0.3) is 0 Å². The molecule has 0 fully saturated rings. The van der Waals surface area contributed by atoms with Crippen LogP contribution in [0.15, 0.2) is 0 Å². The van der Waals surface area contributed by atoms with E-state index < -0.39 is 12.0 Å². The zero-order chi connectivity index (χ0) is 13.6. The van der Waals surface area contributed by atoms with Gasteiger partial charge < -0.3 is 15.7 Å². The minimum atomic E-state index is -0.993. The molecule has 3 N–H and O–H groups in total. The van der Waals surface area contributed by atoms with Crippen molar-refractivity contribution >= 4 is 11.9 Å². The topological polar surface area (TPSA) is 78.4 Å². The lowest BCUT2D eigenvalue weighted by atomic mass is 10.0. The van der Waals surface area contributed by atoms with E-state index in [-0.39, 0.29) is 17.9 Å². The molecular formula is C12H24N2O3. The van der Waals surface area contributed by atoms with Gasteiger partial charge in [-0.15, -0.1) is 0 Å². The Morgan fingerprint density at radius 2 is 1.71 bits per heavy atom. The minimum absolute atomic E-state index is 0.131. The van der Waals surface area contributed by atoms with Crippen molar-refractivity contribution in [2.75, 3.05) is 7.05 Å². The lowest BCUT2D eigenvalue weighted by molar-refractivity contribution is -0.143. The van der Waals surface area contributed by atoms with Crippen LogP contribution < -0.4 is 10.6 Å². The highest BCUT2D eigenvalue weighted by Crippen LogP contribution is 2.07. The van der Waals surface area contributed by atoms with E-state index in [0.29, 0.717) is 12.3 Å². The molecule has 2 atom stereocenters. The van der Waals surface area contributed by atoms with Crippen LogP contribution in [0.3, 0.4) is 0 Å². The predicted octanol–water partition coefficient (Wildman–Crippen LogP) is 0.846. The van der Waals surface area contributed by atoms with Gasteiger partial charge in [-0.3, -0.25) is 4.79 Å². The third-order valence-corrected chi connectivity index (χ3v) is 2.60. The maximum absolute atomic E-state index is 11.9. The standard InChI is InChI=1S/C12H24N2O3/c1-7(2)6-9(13-5)11(15)14-10(8(3)4)12(16)17/h7-10,13H,6H2,1-5H3,(H,14,15)(H,16,17)/t9-,10-/m0/s1. The van der Waals surface area contributed by atoms with Crippen LogP contribution in [-0.2, 0) is 9.59 Å². The van der Waals surface area contributed by atoms with Gasteiger partial charge >= 0.3 is 5.97 Å². The Bertz CT molecular complexity index is 264. The summed E-state index contributed by atoms with van der Waals surface area (Å²) in [6, 6.07) is -1.17. The van der Waals surface area contributed by atoms with Gasteiger partial charge in [0.1, 0.15) is 6.04 Å². The molecule has 0 aromatic carbocycles. The smallest absolute Gasteiger partial charge is 0.326 e. The molecule has 5 heteroatoms. The number of aliphatic carboxylic acids is 1. The molecule has 0 heterocycles. The SMILES string of the molecule is CN[C@@H](CC(C)C)C(=O)N[C@H](C(=O)O)C(C)C. The van der Waals surface area contributed by atoms with Crippen LogP contribution in [0.4, 0.5) is 0 Å². The van der Waals surface area contributed by atoms with E-state index in [1.807, 2.05) is 13.8 Å². The molecule has 0 rings (SSSR count). The molecule has 100 valence electrons. The summed E-state index contributed by atoms with van der Waals surface area (Å²) in [4.78, 5) is 22.9. The number of carboxylic acids is 1. The van der Waals surface area contributed by atoms with Gasteiger partial charge in [0, 0.05) is 0 Å². The van der Waals surface area contributed by atoms with Crippen molar-refractivity contribution in [2.45, 2.75) is 46.2 Å². The average Bonchev–Trinajstić information content (AvgIpc) is 2.20. The summed E-state index contributed by atoms with van der Waals surface area (Å²) >= 11 is 0. The van der Waals surface area contributed by atoms with Gasteiger partial charge in [-0.1, -0.05) is 27.7 Å². The van der Waals surface area contributed by atoms with Crippen molar-refractivity contribution in [3.8, 4) is 0 Å². The van der Waals surface area contributed by atoms with Gasteiger partial charge in [0.2, 0.25) is 5.91 Å². The number of nitrogens with one attached hydrogen (secondary N) is 2. The van der Waals surface area contributed by atoms with Gasteiger partial charge in [-0.05, 0) is 25.3 Å². The molecule has 0 aliphatic heterocycles. The molecule has 1 amide bonds. The Hall–Kier alpha value is -1.10. The van der Waals surface area contributed by atoms with Crippen LogP contribution in [0.1, 0.15) is 34.1 Å². The Morgan fingerprint density at radius 1 is 1.18 bits per heavy atom. The molecule has 0 unspecified atom stereocenters. The van der Waals surface area contributed by atoms with Gasteiger partial charge in [-0.2, -0.15) is 0 Å². The first kappa shape index (κ1) is 15.9. The number of carbonyl (C=O) groups excluding carboxylic acids is 1. The van der Waals surface area contributed by atoms with Crippen molar-refractivity contribution in [1.82, 2.24) is 10.6 Å². The molecule has 5 nitrogen and oxygen atoms in total. The van der Waals surface area contributed by atoms with E-state index in [1.165, 1.54) is 0 Å². The highest BCUT2D eigenvalue weighted by molar-refractivity contribution is 5.87. The van der Waals surface area contributed by atoms with E-state index in [2.05, 4.69) is 10.6 Å². The van der Waals surface area contributed by atoms with Crippen molar-refractivity contribution in [2.24, 2.45) is 11.8 Å². The molecule has 0 saturated carbocycles. The minimum Gasteiger partial charge on any atom is -0.480 e. The molecule has 0 aromatic heterocycles. The molecule has 0 radical (unpaired) electrons. The number of carbonyl (C=O) groups is 2. The fraction of sp³-hybridized carbons (Fsp3) is 0.833. The molecule has 0 spiro atoms. The normalized spacial score (nSPS) is 14.8. The number of likely N-dealkylation sites (N-methyl/N-ethyl adjacent to an activating group) is 1. The van der Waals surface area contributed by atoms with Crippen LogP contribution >= 0.6 is 0 Å².